The summed E-state index contributed by atoms with van der Waals surface area (Å²) < 4.78 is 7.58. The van der Waals surface area contributed by atoms with Gasteiger partial charge in [0.1, 0.15) is 5.75 Å². The van der Waals surface area contributed by atoms with Crippen molar-refractivity contribution >= 4 is 55.2 Å². The third-order valence-electron chi connectivity index (χ3n) is 4.77. The van der Waals surface area contributed by atoms with E-state index in [9.17, 15) is 4.79 Å². The Bertz CT molecular complexity index is 972. The second kappa shape index (κ2) is 10.4. The Kier molecular flexibility index (Phi) is 7.85. The summed E-state index contributed by atoms with van der Waals surface area (Å²) in [5.74, 6) is 0.820. The predicted molar refractivity (Wildman–Crippen MR) is 129 cm³/mol. The number of ether oxygens (including phenoxy) is 1. The molecule has 7 heteroatoms. The third kappa shape index (κ3) is 5.26. The van der Waals surface area contributed by atoms with Gasteiger partial charge in [-0.25, -0.2) is 4.98 Å². The van der Waals surface area contributed by atoms with Crippen LogP contribution in [0, 0.1) is 3.57 Å². The zero-order chi connectivity index (χ0) is 20.8. The van der Waals surface area contributed by atoms with E-state index in [1.807, 2.05) is 54.3 Å². The van der Waals surface area contributed by atoms with Gasteiger partial charge in [-0.05, 0) is 72.9 Å². The smallest absolute Gasteiger partial charge is 0.261 e. The molecule has 1 amide bonds. The maximum absolute atomic E-state index is 13.4. The molecule has 0 radical (unpaired) electrons. The van der Waals surface area contributed by atoms with Crippen molar-refractivity contribution in [3.63, 3.8) is 0 Å². The number of nitrogens with zero attached hydrogens (tertiary/aromatic N) is 3. The molecule has 0 saturated heterocycles. The molecule has 0 aliphatic heterocycles. The van der Waals surface area contributed by atoms with Crippen LogP contribution in [0.4, 0.5) is 5.13 Å². The normalized spacial score (nSPS) is 11.2. The molecule has 0 aliphatic carbocycles. The molecule has 0 atom stereocenters. The van der Waals surface area contributed by atoms with Gasteiger partial charge in [0.05, 0.1) is 22.4 Å². The van der Waals surface area contributed by atoms with Crippen LogP contribution in [-0.2, 0) is 0 Å². The van der Waals surface area contributed by atoms with Crippen molar-refractivity contribution in [3.8, 4) is 5.75 Å². The Morgan fingerprint density at radius 2 is 1.86 bits per heavy atom. The van der Waals surface area contributed by atoms with Gasteiger partial charge >= 0.3 is 0 Å². The van der Waals surface area contributed by atoms with Crippen LogP contribution in [0.5, 0.6) is 5.75 Å². The highest BCUT2D eigenvalue weighted by Crippen LogP contribution is 2.32. The number of rotatable bonds is 9. The number of carbonyl (C=O) groups excluding carboxylic acids is 1. The third-order valence-corrected chi connectivity index (χ3v) is 6.76. The molecular weight excluding hydrogens is 497 g/mol. The largest absolute Gasteiger partial charge is 0.494 e. The minimum Gasteiger partial charge on any atom is -0.494 e. The maximum Gasteiger partial charge on any atom is 0.261 e. The highest BCUT2D eigenvalue weighted by Gasteiger charge is 2.23. The summed E-state index contributed by atoms with van der Waals surface area (Å²) in [5, 5.41) is 0.727. The zero-order valence-electron chi connectivity index (χ0n) is 17.0. The number of aromatic nitrogens is 1. The molecule has 3 aromatic rings. The number of anilines is 1. The molecule has 0 saturated carbocycles. The van der Waals surface area contributed by atoms with Crippen molar-refractivity contribution in [2.45, 2.75) is 20.8 Å². The lowest BCUT2D eigenvalue weighted by Crippen LogP contribution is -2.39. The van der Waals surface area contributed by atoms with E-state index >= 15 is 0 Å². The SMILES string of the molecule is CCOc1ccc2nc(N(CCN(CC)CC)C(=O)c3ccccc3I)sc2c1. The summed E-state index contributed by atoms with van der Waals surface area (Å²) in [6.07, 6.45) is 0. The van der Waals surface area contributed by atoms with E-state index in [0.717, 1.165) is 44.3 Å². The van der Waals surface area contributed by atoms with Gasteiger partial charge in [0, 0.05) is 16.7 Å². The summed E-state index contributed by atoms with van der Waals surface area (Å²) in [5.41, 5.74) is 1.60. The highest BCUT2D eigenvalue weighted by molar-refractivity contribution is 14.1. The molecule has 0 aliphatic rings. The Balaban J connectivity index is 1.96. The lowest BCUT2D eigenvalue weighted by Gasteiger charge is -2.25. The first-order valence-corrected chi connectivity index (χ1v) is 11.8. The molecule has 1 heterocycles. The van der Waals surface area contributed by atoms with E-state index in [0.29, 0.717) is 18.7 Å². The van der Waals surface area contributed by atoms with Gasteiger partial charge < -0.3 is 9.64 Å². The monoisotopic (exact) mass is 523 g/mol. The fourth-order valence-electron chi connectivity index (χ4n) is 3.11. The van der Waals surface area contributed by atoms with Crippen LogP contribution >= 0.6 is 33.9 Å². The van der Waals surface area contributed by atoms with Crippen molar-refractivity contribution in [2.24, 2.45) is 0 Å². The molecule has 29 heavy (non-hydrogen) atoms. The zero-order valence-corrected chi connectivity index (χ0v) is 20.0. The van der Waals surface area contributed by atoms with Crippen molar-refractivity contribution in [2.75, 3.05) is 37.7 Å². The first kappa shape index (κ1) is 22.0. The number of hydrogen-bond donors (Lipinski definition) is 0. The van der Waals surface area contributed by atoms with Crippen LogP contribution in [0.15, 0.2) is 42.5 Å². The van der Waals surface area contributed by atoms with Gasteiger partial charge in [0.25, 0.3) is 5.91 Å². The lowest BCUT2D eigenvalue weighted by molar-refractivity contribution is 0.0983. The molecule has 0 unspecified atom stereocenters. The van der Waals surface area contributed by atoms with E-state index < -0.39 is 0 Å². The van der Waals surface area contributed by atoms with Crippen molar-refractivity contribution in [1.29, 1.82) is 0 Å². The standard InChI is InChI=1S/C22H26IN3O2S/c1-4-25(5-2)13-14-26(21(27)17-9-7-8-10-18(17)23)22-24-19-12-11-16(28-6-3)15-20(19)29-22/h7-12,15H,4-6,13-14H2,1-3H3. The number of hydrogen-bond acceptors (Lipinski definition) is 5. The first-order valence-electron chi connectivity index (χ1n) is 9.89. The number of thiazole rings is 1. The molecule has 0 spiro atoms. The molecule has 0 bridgehead atoms. The highest BCUT2D eigenvalue weighted by atomic mass is 127. The molecular formula is C22H26IN3O2S. The molecule has 2 aromatic carbocycles. The van der Waals surface area contributed by atoms with Gasteiger partial charge in [-0.2, -0.15) is 0 Å². The Hall–Kier alpha value is -1.71. The van der Waals surface area contributed by atoms with Crippen LogP contribution in [0.3, 0.4) is 0 Å². The topological polar surface area (TPSA) is 45.7 Å². The fourth-order valence-corrected chi connectivity index (χ4v) is 4.75. The van der Waals surface area contributed by atoms with E-state index in [2.05, 4.69) is 41.3 Å². The van der Waals surface area contributed by atoms with Gasteiger partial charge in [-0.3, -0.25) is 9.69 Å². The number of likely N-dealkylation sites (N-methyl/N-ethyl adjacent to an activating group) is 1. The minimum absolute atomic E-state index is 0.00811. The Morgan fingerprint density at radius 1 is 1.10 bits per heavy atom. The van der Waals surface area contributed by atoms with Crippen LogP contribution in [0.25, 0.3) is 10.2 Å². The van der Waals surface area contributed by atoms with Crippen molar-refractivity contribution in [3.05, 3.63) is 51.6 Å². The lowest BCUT2D eigenvalue weighted by atomic mass is 10.2. The summed E-state index contributed by atoms with van der Waals surface area (Å²) in [6, 6.07) is 13.6. The second-order valence-corrected chi connectivity index (χ2v) is 8.69. The number of amides is 1. The predicted octanol–water partition coefficient (Wildman–Crippen LogP) is 5.29. The fraction of sp³-hybridized carbons (Fsp3) is 0.364. The van der Waals surface area contributed by atoms with Crippen LogP contribution in [-0.4, -0.2) is 48.6 Å². The summed E-state index contributed by atoms with van der Waals surface area (Å²) in [4.78, 5) is 22.3. The van der Waals surface area contributed by atoms with Crippen LogP contribution in [0.1, 0.15) is 31.1 Å². The summed E-state index contributed by atoms with van der Waals surface area (Å²) in [6.45, 7) is 10.2. The minimum atomic E-state index is -0.00811. The first-order chi connectivity index (χ1) is 14.1. The van der Waals surface area contributed by atoms with Crippen LogP contribution < -0.4 is 9.64 Å². The Morgan fingerprint density at radius 3 is 2.55 bits per heavy atom. The van der Waals surface area contributed by atoms with E-state index in [1.165, 1.54) is 11.3 Å². The van der Waals surface area contributed by atoms with E-state index in [-0.39, 0.29) is 5.91 Å². The average Bonchev–Trinajstić information content (AvgIpc) is 3.14. The number of carbonyl (C=O) groups is 1. The number of benzene rings is 2. The van der Waals surface area contributed by atoms with Gasteiger partial charge in [-0.15, -0.1) is 0 Å². The molecule has 3 rings (SSSR count). The molecule has 1 aromatic heterocycles. The number of halogens is 1. The van der Waals surface area contributed by atoms with E-state index in [1.54, 1.807) is 0 Å². The van der Waals surface area contributed by atoms with Gasteiger partial charge in [-0.1, -0.05) is 37.3 Å². The van der Waals surface area contributed by atoms with Gasteiger partial charge in [0.15, 0.2) is 5.13 Å². The average molecular weight is 523 g/mol. The van der Waals surface area contributed by atoms with Gasteiger partial charge in [0.2, 0.25) is 0 Å². The van der Waals surface area contributed by atoms with E-state index in [4.69, 9.17) is 9.72 Å². The molecule has 0 N–H and O–H groups in total. The maximum atomic E-state index is 13.4. The van der Waals surface area contributed by atoms with Crippen molar-refractivity contribution < 1.29 is 9.53 Å². The Labute approximate surface area is 189 Å². The second-order valence-electron chi connectivity index (χ2n) is 6.52. The molecule has 154 valence electrons. The molecule has 0 fully saturated rings. The quantitative estimate of drug-likeness (QED) is 0.358. The summed E-state index contributed by atoms with van der Waals surface area (Å²) in [7, 11) is 0. The van der Waals surface area contributed by atoms with Crippen molar-refractivity contribution in [1.82, 2.24) is 9.88 Å². The van der Waals surface area contributed by atoms with Crippen LogP contribution in [0.2, 0.25) is 0 Å². The molecule has 5 nitrogen and oxygen atoms in total. The number of fused-ring (bicyclic) bond motifs is 1. The summed E-state index contributed by atoms with van der Waals surface area (Å²) >= 11 is 3.76.